The molecule has 5 rings (SSSR count). The van der Waals surface area contributed by atoms with Crippen LogP contribution in [0.3, 0.4) is 0 Å². The van der Waals surface area contributed by atoms with Gasteiger partial charge in [-0.3, -0.25) is 14.5 Å². The summed E-state index contributed by atoms with van der Waals surface area (Å²) >= 11 is 6.34. The average Bonchev–Trinajstić information content (AvgIpc) is 3.38. The van der Waals surface area contributed by atoms with Gasteiger partial charge in [0.15, 0.2) is 0 Å². The summed E-state index contributed by atoms with van der Waals surface area (Å²) in [6, 6.07) is 19.0. The number of aliphatic hydroxyl groups excluding tert-OH is 1. The molecule has 0 saturated carbocycles. The van der Waals surface area contributed by atoms with Gasteiger partial charge in [-0.2, -0.15) is 0 Å². The minimum absolute atomic E-state index is 0.0206. The van der Waals surface area contributed by atoms with Gasteiger partial charge >= 0.3 is 0 Å². The van der Waals surface area contributed by atoms with E-state index in [4.69, 9.17) is 16.3 Å². The molecule has 1 saturated heterocycles. The number of H-pyrrole nitrogens is 1. The second-order valence-electron chi connectivity index (χ2n) is 8.15. The third-order valence-corrected chi connectivity index (χ3v) is 6.36. The van der Waals surface area contributed by atoms with Gasteiger partial charge in [-0.25, -0.2) is 0 Å². The number of benzene rings is 3. The van der Waals surface area contributed by atoms with Crippen LogP contribution in [0.2, 0.25) is 5.02 Å². The topological polar surface area (TPSA) is 82.6 Å². The summed E-state index contributed by atoms with van der Waals surface area (Å²) in [7, 11) is 1.50. The molecule has 170 valence electrons. The van der Waals surface area contributed by atoms with E-state index < -0.39 is 17.7 Å². The maximum absolute atomic E-state index is 13.4. The Kier molecular flexibility index (Phi) is 5.38. The summed E-state index contributed by atoms with van der Waals surface area (Å²) in [5, 5.41) is 12.5. The van der Waals surface area contributed by atoms with Gasteiger partial charge in [0.1, 0.15) is 11.5 Å². The van der Waals surface area contributed by atoms with Crippen molar-refractivity contribution in [3.05, 3.63) is 100 Å². The third-order valence-electron chi connectivity index (χ3n) is 6.06. The number of carbonyl (C=O) groups is 2. The second kappa shape index (κ2) is 8.39. The number of anilines is 1. The van der Waals surface area contributed by atoms with Crippen LogP contribution in [-0.2, 0) is 9.59 Å². The molecule has 0 aliphatic carbocycles. The van der Waals surface area contributed by atoms with Crippen LogP contribution in [0, 0.1) is 6.92 Å². The smallest absolute Gasteiger partial charge is 0.300 e. The van der Waals surface area contributed by atoms with Crippen molar-refractivity contribution in [1.82, 2.24) is 4.98 Å². The number of hydrogen-bond donors (Lipinski definition) is 2. The summed E-state index contributed by atoms with van der Waals surface area (Å²) < 4.78 is 5.23. The van der Waals surface area contributed by atoms with Crippen molar-refractivity contribution < 1.29 is 19.4 Å². The largest absolute Gasteiger partial charge is 0.507 e. The highest BCUT2D eigenvalue weighted by Crippen LogP contribution is 2.44. The molecule has 6 nitrogen and oxygen atoms in total. The lowest BCUT2D eigenvalue weighted by Crippen LogP contribution is -2.29. The predicted molar refractivity (Wildman–Crippen MR) is 132 cm³/mol. The molecule has 1 aromatic heterocycles. The van der Waals surface area contributed by atoms with Crippen molar-refractivity contribution in [2.45, 2.75) is 13.0 Å². The predicted octanol–water partition coefficient (Wildman–Crippen LogP) is 5.76. The fraction of sp³-hybridized carbons (Fsp3) is 0.111. The first-order valence-corrected chi connectivity index (χ1v) is 11.1. The number of para-hydroxylation sites is 1. The van der Waals surface area contributed by atoms with Gasteiger partial charge in [-0.1, -0.05) is 59.6 Å². The SMILES string of the molecule is COc1ccc(N2C(=O)C(=O)/C(=C(\O)c3c[nH]c4ccccc34)C2c2cccc(C)c2)cc1Cl. The Hall–Kier alpha value is -4.03. The lowest BCUT2D eigenvalue weighted by Gasteiger charge is -2.26. The van der Waals surface area contributed by atoms with Crippen LogP contribution in [0.1, 0.15) is 22.7 Å². The van der Waals surface area contributed by atoms with Crippen molar-refractivity contribution in [3.8, 4) is 5.75 Å². The van der Waals surface area contributed by atoms with Crippen molar-refractivity contribution in [2.24, 2.45) is 0 Å². The van der Waals surface area contributed by atoms with Crippen molar-refractivity contribution in [1.29, 1.82) is 0 Å². The van der Waals surface area contributed by atoms with Crippen molar-refractivity contribution in [3.63, 3.8) is 0 Å². The molecule has 1 atom stereocenters. The molecule has 0 spiro atoms. The molecule has 1 fully saturated rings. The lowest BCUT2D eigenvalue weighted by molar-refractivity contribution is -0.132. The number of fused-ring (bicyclic) bond motifs is 1. The zero-order valence-electron chi connectivity index (χ0n) is 18.5. The fourth-order valence-electron chi connectivity index (χ4n) is 4.47. The van der Waals surface area contributed by atoms with E-state index in [0.717, 1.165) is 16.5 Å². The highest BCUT2D eigenvalue weighted by Gasteiger charge is 2.47. The van der Waals surface area contributed by atoms with E-state index in [2.05, 4.69) is 4.98 Å². The first kappa shape index (κ1) is 21.8. The van der Waals surface area contributed by atoms with E-state index >= 15 is 0 Å². The molecule has 2 N–H and O–H groups in total. The number of amides is 1. The van der Waals surface area contributed by atoms with E-state index in [1.807, 2.05) is 55.5 Å². The number of aliphatic hydroxyl groups is 1. The van der Waals surface area contributed by atoms with Crippen molar-refractivity contribution >= 4 is 45.6 Å². The molecule has 1 aliphatic heterocycles. The average molecular weight is 473 g/mol. The van der Waals surface area contributed by atoms with Gasteiger partial charge in [0, 0.05) is 28.4 Å². The van der Waals surface area contributed by atoms with E-state index in [0.29, 0.717) is 27.6 Å². The number of aromatic amines is 1. The number of nitrogens with one attached hydrogen (secondary N) is 1. The fourth-order valence-corrected chi connectivity index (χ4v) is 4.72. The first-order chi connectivity index (χ1) is 16.4. The zero-order chi connectivity index (χ0) is 24.0. The van der Waals surface area contributed by atoms with Crippen LogP contribution >= 0.6 is 11.6 Å². The van der Waals surface area contributed by atoms with Crippen LogP contribution in [-0.4, -0.2) is 28.9 Å². The molecular weight excluding hydrogens is 452 g/mol. The zero-order valence-corrected chi connectivity index (χ0v) is 19.3. The Labute approximate surface area is 201 Å². The second-order valence-corrected chi connectivity index (χ2v) is 8.56. The summed E-state index contributed by atoms with van der Waals surface area (Å²) in [6.07, 6.45) is 1.64. The number of aromatic nitrogens is 1. The minimum atomic E-state index is -0.835. The van der Waals surface area contributed by atoms with E-state index in [-0.39, 0.29) is 11.3 Å². The van der Waals surface area contributed by atoms with E-state index in [1.54, 1.807) is 24.4 Å². The van der Waals surface area contributed by atoms with Gasteiger partial charge in [0.05, 0.1) is 23.7 Å². The maximum Gasteiger partial charge on any atom is 0.300 e. The lowest BCUT2D eigenvalue weighted by atomic mass is 9.94. The standard InChI is InChI=1S/C27H21ClN2O4/c1-15-6-5-7-16(12-15)24-23(25(31)19-14-29-21-9-4-3-8-18(19)21)26(32)27(33)30(24)17-10-11-22(34-2)20(28)13-17/h3-14,24,29,31H,1-2H3/b25-23-. The van der Waals surface area contributed by atoms with Gasteiger partial charge < -0.3 is 14.8 Å². The Morgan fingerprint density at radius 3 is 2.59 bits per heavy atom. The number of ether oxygens (including phenoxy) is 1. The molecule has 1 amide bonds. The van der Waals surface area contributed by atoms with E-state index in [1.165, 1.54) is 12.0 Å². The van der Waals surface area contributed by atoms with Crippen LogP contribution in [0.25, 0.3) is 16.7 Å². The Bertz CT molecular complexity index is 1490. The monoisotopic (exact) mass is 472 g/mol. The molecular formula is C27H21ClN2O4. The number of hydrogen-bond acceptors (Lipinski definition) is 4. The third kappa shape index (κ3) is 3.43. The molecule has 2 heterocycles. The number of ketones is 1. The number of rotatable bonds is 4. The number of aryl methyl sites for hydroxylation is 1. The molecule has 0 radical (unpaired) electrons. The molecule has 1 unspecified atom stereocenters. The normalized spacial score (nSPS) is 17.5. The summed E-state index contributed by atoms with van der Waals surface area (Å²) in [6.45, 7) is 1.93. The number of carbonyl (C=O) groups excluding carboxylic acids is 2. The van der Waals surface area contributed by atoms with Crippen molar-refractivity contribution in [2.75, 3.05) is 12.0 Å². The Morgan fingerprint density at radius 1 is 1.06 bits per heavy atom. The molecule has 3 aromatic carbocycles. The van der Waals surface area contributed by atoms with Crippen LogP contribution < -0.4 is 9.64 Å². The van der Waals surface area contributed by atoms with Gasteiger partial charge in [-0.05, 0) is 36.8 Å². The van der Waals surface area contributed by atoms with Gasteiger partial charge in [0.25, 0.3) is 11.7 Å². The summed E-state index contributed by atoms with van der Waals surface area (Å²) in [5.74, 6) is -1.28. The number of Topliss-reactive ketones (excluding diaryl/α,β-unsaturated/α-hetero) is 1. The maximum atomic E-state index is 13.4. The van der Waals surface area contributed by atoms with Crippen LogP contribution in [0.4, 0.5) is 5.69 Å². The Morgan fingerprint density at radius 2 is 1.85 bits per heavy atom. The molecule has 1 aliphatic rings. The molecule has 4 aromatic rings. The summed E-state index contributed by atoms with van der Waals surface area (Å²) in [4.78, 5) is 31.2. The quantitative estimate of drug-likeness (QED) is 0.224. The van der Waals surface area contributed by atoms with Gasteiger partial charge in [0.2, 0.25) is 0 Å². The Balaban J connectivity index is 1.75. The van der Waals surface area contributed by atoms with Crippen LogP contribution in [0.5, 0.6) is 5.75 Å². The van der Waals surface area contributed by atoms with Crippen LogP contribution in [0.15, 0.2) is 78.5 Å². The number of halogens is 1. The summed E-state index contributed by atoms with van der Waals surface area (Å²) in [5.41, 5.74) is 3.38. The number of methoxy groups -OCH3 is 1. The molecule has 7 heteroatoms. The first-order valence-electron chi connectivity index (χ1n) is 10.7. The highest BCUT2D eigenvalue weighted by molar-refractivity contribution is 6.52. The molecule has 34 heavy (non-hydrogen) atoms. The number of nitrogens with zero attached hydrogens (tertiary/aromatic N) is 1. The van der Waals surface area contributed by atoms with Gasteiger partial charge in [-0.15, -0.1) is 0 Å². The van der Waals surface area contributed by atoms with E-state index in [9.17, 15) is 14.7 Å². The molecule has 0 bridgehead atoms. The minimum Gasteiger partial charge on any atom is -0.507 e. The highest BCUT2D eigenvalue weighted by atomic mass is 35.5.